The first-order valence-corrected chi connectivity index (χ1v) is 11.4. The Kier molecular flexibility index (Phi) is 5.45. The molecule has 6 nitrogen and oxygen atoms in total. The molecule has 0 spiro atoms. The zero-order valence-corrected chi connectivity index (χ0v) is 18.5. The first kappa shape index (κ1) is 20.9. The van der Waals surface area contributed by atoms with E-state index < -0.39 is 10.0 Å². The molecule has 4 rings (SSSR count). The molecule has 0 saturated carbocycles. The molecule has 160 valence electrons. The van der Waals surface area contributed by atoms with Gasteiger partial charge in [-0.1, -0.05) is 18.2 Å². The number of anilines is 2. The summed E-state index contributed by atoms with van der Waals surface area (Å²) in [6, 6.07) is 20.9. The number of hydrogen-bond acceptors (Lipinski definition) is 4. The van der Waals surface area contributed by atoms with E-state index in [-0.39, 0.29) is 16.8 Å². The molecule has 0 aliphatic carbocycles. The molecule has 0 N–H and O–H groups in total. The number of carbonyl (C=O) groups excluding carboxylic acids is 1. The maximum Gasteiger partial charge on any atom is 0.264 e. The fourth-order valence-corrected chi connectivity index (χ4v) is 5.07. The van der Waals surface area contributed by atoms with E-state index in [9.17, 15) is 13.2 Å². The Morgan fingerprint density at radius 1 is 1.00 bits per heavy atom. The first-order chi connectivity index (χ1) is 14.8. The van der Waals surface area contributed by atoms with E-state index in [1.54, 1.807) is 36.4 Å². The number of carbonyl (C=O) groups is 1. The highest BCUT2D eigenvalue weighted by molar-refractivity contribution is 7.92. The molecular weight excluding hydrogens is 412 g/mol. The van der Waals surface area contributed by atoms with Crippen LogP contribution in [0.1, 0.15) is 22.8 Å². The van der Waals surface area contributed by atoms with Gasteiger partial charge in [-0.15, -0.1) is 0 Å². The molecule has 0 unspecified atom stereocenters. The Hall–Kier alpha value is -3.32. The Labute approximate surface area is 182 Å². The molecule has 0 bridgehead atoms. The van der Waals surface area contributed by atoms with E-state index in [0.29, 0.717) is 17.0 Å². The predicted octanol–water partition coefficient (Wildman–Crippen LogP) is 4.11. The number of benzene rings is 3. The lowest BCUT2D eigenvalue weighted by molar-refractivity contribution is 0.0981. The molecule has 1 atom stereocenters. The summed E-state index contributed by atoms with van der Waals surface area (Å²) < 4.78 is 32.2. The van der Waals surface area contributed by atoms with Crippen molar-refractivity contribution in [3.63, 3.8) is 0 Å². The average molecular weight is 437 g/mol. The van der Waals surface area contributed by atoms with Crippen molar-refractivity contribution in [2.75, 3.05) is 23.4 Å². The summed E-state index contributed by atoms with van der Waals surface area (Å²) in [5.41, 5.74) is 3.08. The standard InChI is InChI=1S/C24H24N2O4S/c1-17-16-19-6-4-5-7-23(19)26(17)24(27)18-8-10-20(11-9-18)25(2)31(28,29)22-14-12-21(30-3)13-15-22/h4-15,17H,16H2,1-3H3/t17-/m0/s1. The number of fused-ring (bicyclic) bond motifs is 1. The molecule has 3 aromatic rings. The molecular formula is C24H24N2O4S. The van der Waals surface area contributed by atoms with Crippen LogP contribution in [-0.4, -0.2) is 34.5 Å². The maximum atomic E-state index is 13.2. The van der Waals surface area contributed by atoms with Crippen molar-refractivity contribution in [2.45, 2.75) is 24.3 Å². The molecule has 0 radical (unpaired) electrons. The zero-order chi connectivity index (χ0) is 22.2. The summed E-state index contributed by atoms with van der Waals surface area (Å²) in [6.07, 6.45) is 0.822. The van der Waals surface area contributed by atoms with Crippen molar-refractivity contribution in [2.24, 2.45) is 0 Å². The van der Waals surface area contributed by atoms with Crippen LogP contribution in [0.3, 0.4) is 0 Å². The van der Waals surface area contributed by atoms with Crippen molar-refractivity contribution < 1.29 is 17.9 Å². The third-order valence-electron chi connectivity index (χ3n) is 5.62. The summed E-state index contributed by atoms with van der Waals surface area (Å²) >= 11 is 0. The summed E-state index contributed by atoms with van der Waals surface area (Å²) in [6.45, 7) is 2.03. The quantitative estimate of drug-likeness (QED) is 0.604. The molecule has 0 fully saturated rings. The van der Waals surface area contributed by atoms with Crippen LogP contribution in [-0.2, 0) is 16.4 Å². The van der Waals surface area contributed by atoms with Gasteiger partial charge < -0.3 is 9.64 Å². The fourth-order valence-electron chi connectivity index (χ4n) is 3.87. The molecule has 1 heterocycles. The fraction of sp³-hybridized carbons (Fsp3) is 0.208. The monoisotopic (exact) mass is 436 g/mol. The summed E-state index contributed by atoms with van der Waals surface area (Å²) in [5, 5.41) is 0. The highest BCUT2D eigenvalue weighted by Gasteiger charge is 2.31. The Bertz CT molecular complexity index is 1210. The smallest absolute Gasteiger partial charge is 0.264 e. The second kappa shape index (κ2) is 8.07. The van der Waals surface area contributed by atoms with Gasteiger partial charge in [0.2, 0.25) is 0 Å². The van der Waals surface area contributed by atoms with Gasteiger partial charge in [-0.25, -0.2) is 8.42 Å². The van der Waals surface area contributed by atoms with E-state index in [0.717, 1.165) is 17.7 Å². The lowest BCUT2D eigenvalue weighted by atomic mass is 10.1. The predicted molar refractivity (Wildman–Crippen MR) is 121 cm³/mol. The van der Waals surface area contributed by atoms with Crippen LogP contribution in [0.4, 0.5) is 11.4 Å². The molecule has 31 heavy (non-hydrogen) atoms. The molecule has 0 aromatic heterocycles. The van der Waals surface area contributed by atoms with E-state index in [1.807, 2.05) is 36.1 Å². The van der Waals surface area contributed by atoms with Gasteiger partial charge in [0.15, 0.2) is 0 Å². The minimum atomic E-state index is -3.73. The van der Waals surface area contributed by atoms with Gasteiger partial charge in [0.25, 0.3) is 15.9 Å². The largest absolute Gasteiger partial charge is 0.497 e. The van der Waals surface area contributed by atoms with Crippen LogP contribution >= 0.6 is 0 Å². The van der Waals surface area contributed by atoms with E-state index >= 15 is 0 Å². The van der Waals surface area contributed by atoms with Crippen LogP contribution in [0.5, 0.6) is 5.75 Å². The number of sulfonamides is 1. The number of ether oxygens (including phenoxy) is 1. The summed E-state index contributed by atoms with van der Waals surface area (Å²) in [5.74, 6) is 0.492. The van der Waals surface area contributed by atoms with Gasteiger partial charge in [0.05, 0.1) is 17.7 Å². The minimum absolute atomic E-state index is 0.0719. The lowest BCUT2D eigenvalue weighted by Gasteiger charge is -2.23. The number of amides is 1. The van der Waals surface area contributed by atoms with E-state index in [1.165, 1.54) is 30.6 Å². The van der Waals surface area contributed by atoms with Gasteiger partial charge in [0, 0.05) is 24.3 Å². The number of methoxy groups -OCH3 is 1. The van der Waals surface area contributed by atoms with Crippen molar-refractivity contribution >= 4 is 27.3 Å². The number of hydrogen-bond donors (Lipinski definition) is 0. The lowest BCUT2D eigenvalue weighted by Crippen LogP contribution is -2.35. The van der Waals surface area contributed by atoms with Crippen LogP contribution in [0.25, 0.3) is 0 Å². The zero-order valence-electron chi connectivity index (χ0n) is 17.6. The normalized spacial score (nSPS) is 15.5. The molecule has 1 aliphatic rings. The van der Waals surface area contributed by atoms with Crippen LogP contribution in [0, 0.1) is 0 Å². The Balaban J connectivity index is 1.57. The molecule has 7 heteroatoms. The van der Waals surface area contributed by atoms with Crippen LogP contribution < -0.4 is 13.9 Å². The van der Waals surface area contributed by atoms with Crippen molar-refractivity contribution in [3.05, 3.63) is 83.9 Å². The second-order valence-corrected chi connectivity index (χ2v) is 9.52. The first-order valence-electron chi connectivity index (χ1n) is 9.97. The summed E-state index contributed by atoms with van der Waals surface area (Å²) in [7, 11) is -0.709. The van der Waals surface area contributed by atoms with Gasteiger partial charge in [0.1, 0.15) is 5.75 Å². The Morgan fingerprint density at radius 3 is 2.29 bits per heavy atom. The SMILES string of the molecule is COc1ccc(S(=O)(=O)N(C)c2ccc(C(=O)N3c4ccccc4C[C@@H]3C)cc2)cc1. The third kappa shape index (κ3) is 3.77. The third-order valence-corrected chi connectivity index (χ3v) is 7.42. The number of nitrogens with zero attached hydrogens (tertiary/aromatic N) is 2. The van der Waals surface area contributed by atoms with Crippen molar-refractivity contribution in [1.82, 2.24) is 0 Å². The number of para-hydroxylation sites is 1. The highest BCUT2D eigenvalue weighted by Crippen LogP contribution is 2.33. The molecule has 0 saturated heterocycles. The second-order valence-electron chi connectivity index (χ2n) is 7.55. The molecule has 1 amide bonds. The summed E-state index contributed by atoms with van der Waals surface area (Å²) in [4.78, 5) is 15.1. The van der Waals surface area contributed by atoms with Crippen molar-refractivity contribution in [1.29, 1.82) is 0 Å². The van der Waals surface area contributed by atoms with Gasteiger partial charge in [-0.2, -0.15) is 0 Å². The maximum absolute atomic E-state index is 13.2. The van der Waals surface area contributed by atoms with E-state index in [2.05, 4.69) is 0 Å². The Morgan fingerprint density at radius 2 is 1.65 bits per heavy atom. The number of rotatable bonds is 5. The van der Waals surface area contributed by atoms with Crippen molar-refractivity contribution in [3.8, 4) is 5.75 Å². The average Bonchev–Trinajstić information content (AvgIpc) is 3.13. The van der Waals surface area contributed by atoms with Gasteiger partial charge in [-0.3, -0.25) is 9.10 Å². The minimum Gasteiger partial charge on any atom is -0.497 e. The molecule has 1 aliphatic heterocycles. The van der Waals surface area contributed by atoms with Crippen LogP contribution in [0.15, 0.2) is 77.7 Å². The highest BCUT2D eigenvalue weighted by atomic mass is 32.2. The van der Waals surface area contributed by atoms with Crippen LogP contribution in [0.2, 0.25) is 0 Å². The van der Waals surface area contributed by atoms with E-state index in [4.69, 9.17) is 4.74 Å². The van der Waals surface area contributed by atoms with Gasteiger partial charge in [-0.05, 0) is 73.5 Å². The molecule has 3 aromatic carbocycles. The van der Waals surface area contributed by atoms with Gasteiger partial charge >= 0.3 is 0 Å². The topological polar surface area (TPSA) is 66.9 Å².